The quantitative estimate of drug-likeness (QED) is 0.466. The molecule has 0 radical (unpaired) electrons. The molecule has 16 heavy (non-hydrogen) atoms. The first-order valence-corrected chi connectivity index (χ1v) is 2.62. The zero-order valence-electron chi connectivity index (χ0n) is 6.27. The van der Waals surface area contributed by atoms with E-state index in [2.05, 4.69) is 0 Å². The van der Waals surface area contributed by atoms with Crippen LogP contribution >= 0.6 is 0 Å². The van der Waals surface area contributed by atoms with Crippen molar-refractivity contribution in [3.63, 3.8) is 0 Å². The second-order valence-corrected chi connectivity index (χ2v) is 1.48. The molecule has 0 unspecified atom stereocenters. The summed E-state index contributed by atoms with van der Waals surface area (Å²) in [7, 11) is -18.0. The molecule has 0 aliphatic rings. The van der Waals surface area contributed by atoms with Gasteiger partial charge in [0, 0.05) is 0 Å². The van der Waals surface area contributed by atoms with Crippen molar-refractivity contribution >= 4 is 67.2 Å². The van der Waals surface area contributed by atoms with Crippen LogP contribution in [0.1, 0.15) is 0 Å². The van der Waals surface area contributed by atoms with Crippen LogP contribution in [0.3, 0.4) is 0 Å². The van der Waals surface area contributed by atoms with Crippen LogP contribution in [0.2, 0.25) is 0 Å². The number of hydrogen-bond acceptors (Lipinski definition) is 0. The van der Waals surface area contributed by atoms with Crippen molar-refractivity contribution in [1.29, 1.82) is 0 Å². The molecular weight excluding hydrogens is 348 g/mol. The van der Waals surface area contributed by atoms with Gasteiger partial charge in [-0.15, -0.1) is 0 Å². The summed E-state index contributed by atoms with van der Waals surface area (Å²) >= 11 is 0. The minimum absolute atomic E-state index is 0. The van der Waals surface area contributed by atoms with Crippen LogP contribution in [0.4, 0.5) is 51.8 Å². The summed E-state index contributed by atoms with van der Waals surface area (Å²) in [6.45, 7) is 0. The predicted molar refractivity (Wildman–Crippen MR) is 39.1 cm³/mol. The Labute approximate surface area is 118 Å². The minimum atomic E-state index is -6.00. The molecule has 0 saturated carbocycles. The van der Waals surface area contributed by atoms with Gasteiger partial charge in [-0.3, -0.25) is 0 Å². The molecule has 0 saturated heterocycles. The van der Waals surface area contributed by atoms with Crippen LogP contribution in [-0.2, 0) is 0 Å². The van der Waals surface area contributed by atoms with E-state index in [1.165, 1.54) is 0 Å². The third-order valence-corrected chi connectivity index (χ3v) is 0. The molecule has 16 heteroatoms. The zero-order chi connectivity index (χ0) is 13.5. The molecule has 0 aliphatic heterocycles. The van der Waals surface area contributed by atoms with E-state index in [-0.39, 0.29) is 45.5 Å². The summed E-state index contributed by atoms with van der Waals surface area (Å²) in [5.41, 5.74) is 0. The molecule has 0 nitrogen and oxygen atoms in total. The van der Waals surface area contributed by atoms with E-state index in [1.54, 1.807) is 0 Å². The van der Waals surface area contributed by atoms with E-state index in [9.17, 15) is 51.8 Å². The van der Waals surface area contributed by atoms with Crippen LogP contribution in [0.15, 0.2) is 0 Å². The van der Waals surface area contributed by atoms with E-state index in [0.717, 1.165) is 0 Å². The molecular formula is H2B3F12Sr-3. The Balaban J connectivity index is -0.0000000655. The van der Waals surface area contributed by atoms with Gasteiger partial charge in [0.2, 0.25) is 0 Å². The average molecular weight is 350 g/mol. The Bertz CT molecular complexity index is 91.3. The van der Waals surface area contributed by atoms with E-state index < -0.39 is 21.8 Å². The predicted octanol–water partition coefficient (Wildman–Crippen LogP) is 2.98. The molecule has 0 fully saturated rings. The van der Waals surface area contributed by atoms with Gasteiger partial charge in [0.25, 0.3) is 0 Å². The van der Waals surface area contributed by atoms with Crippen LogP contribution in [0, 0.1) is 0 Å². The van der Waals surface area contributed by atoms with Gasteiger partial charge in [-0.05, 0) is 0 Å². The van der Waals surface area contributed by atoms with Gasteiger partial charge in [-0.25, -0.2) is 0 Å². The molecule has 0 aliphatic carbocycles. The molecule has 0 aromatic rings. The molecule has 0 rings (SSSR count). The molecule has 0 aromatic carbocycles. The fraction of sp³-hybridized carbons (Fsp3) is 0. The van der Waals surface area contributed by atoms with E-state index in [0.29, 0.717) is 0 Å². The van der Waals surface area contributed by atoms with Gasteiger partial charge < -0.3 is 51.8 Å². The monoisotopic (exact) mass is 351 g/mol. The topological polar surface area (TPSA) is 0 Å². The van der Waals surface area contributed by atoms with Gasteiger partial charge in [0.05, 0.1) is 0 Å². The van der Waals surface area contributed by atoms with E-state index >= 15 is 0 Å². The van der Waals surface area contributed by atoms with Gasteiger partial charge >= 0.3 is 67.2 Å². The molecule has 0 N–H and O–H groups in total. The summed E-state index contributed by atoms with van der Waals surface area (Å²) in [5.74, 6) is 0. The second-order valence-electron chi connectivity index (χ2n) is 1.48. The maximum absolute atomic E-state index is 9.75. The Morgan fingerprint density at radius 3 is 0.312 bits per heavy atom. The zero-order valence-corrected chi connectivity index (χ0v) is 6.27. The average Bonchev–Trinajstić information content (AvgIpc) is 1.41. The van der Waals surface area contributed by atoms with Crippen molar-refractivity contribution in [1.82, 2.24) is 0 Å². The van der Waals surface area contributed by atoms with Crippen molar-refractivity contribution in [3.8, 4) is 0 Å². The number of hydrogen-bond donors (Lipinski definition) is 0. The first-order valence-electron chi connectivity index (χ1n) is 2.62. The maximum atomic E-state index is 9.75. The van der Waals surface area contributed by atoms with Gasteiger partial charge in [-0.2, -0.15) is 0 Å². The molecule has 0 amide bonds. The van der Waals surface area contributed by atoms with E-state index in [4.69, 9.17) is 0 Å². The second kappa shape index (κ2) is 9.82. The summed E-state index contributed by atoms with van der Waals surface area (Å²) in [4.78, 5) is 0. The van der Waals surface area contributed by atoms with Crippen molar-refractivity contribution in [3.05, 3.63) is 0 Å². The van der Waals surface area contributed by atoms with Gasteiger partial charge in [-0.1, -0.05) is 0 Å². The number of halogens is 12. The van der Waals surface area contributed by atoms with Gasteiger partial charge in [0.1, 0.15) is 0 Å². The Morgan fingerprint density at radius 2 is 0.312 bits per heavy atom. The Morgan fingerprint density at radius 1 is 0.312 bits per heavy atom. The van der Waals surface area contributed by atoms with Crippen LogP contribution in [0.25, 0.3) is 0 Å². The first-order chi connectivity index (χ1) is 6.00. The first kappa shape index (κ1) is 25.6. The van der Waals surface area contributed by atoms with Gasteiger partial charge in [0.15, 0.2) is 0 Å². The molecule has 0 atom stereocenters. The van der Waals surface area contributed by atoms with Crippen molar-refractivity contribution < 1.29 is 51.8 Å². The SMILES string of the molecule is F[B-](F)(F)F.F[B-](F)(F)F.F[B-](F)(F)F.[SrH2]. The third kappa shape index (κ3) is 4070. The molecule has 0 bridgehead atoms. The normalized spacial score (nSPS) is 11.2. The molecule has 0 heterocycles. The fourth-order valence-electron chi connectivity index (χ4n) is 0. The molecule has 0 spiro atoms. The molecule has 0 aromatic heterocycles. The summed E-state index contributed by atoms with van der Waals surface area (Å²) in [6, 6.07) is 0. The summed E-state index contributed by atoms with van der Waals surface area (Å²) in [6.07, 6.45) is 0. The van der Waals surface area contributed by atoms with Crippen LogP contribution in [-0.4, -0.2) is 67.2 Å². The van der Waals surface area contributed by atoms with E-state index in [1.807, 2.05) is 0 Å². The van der Waals surface area contributed by atoms with Crippen LogP contribution < -0.4 is 0 Å². The summed E-state index contributed by atoms with van der Waals surface area (Å²) in [5, 5.41) is 0. The Hall–Kier alpha value is 0.835. The summed E-state index contributed by atoms with van der Waals surface area (Å²) < 4.78 is 117. The third-order valence-electron chi connectivity index (χ3n) is 0. The standard InChI is InChI=1S/3BF4.Sr.2H/c3*2-1(3,4)5;;;/q3*-1;;;. The molecule has 100 valence electrons. The number of rotatable bonds is 0. The van der Waals surface area contributed by atoms with Crippen molar-refractivity contribution in [2.75, 3.05) is 0 Å². The Kier molecular flexibility index (Phi) is 15.7. The fourth-order valence-corrected chi connectivity index (χ4v) is 0. The van der Waals surface area contributed by atoms with Crippen LogP contribution in [0.5, 0.6) is 0 Å². The van der Waals surface area contributed by atoms with Crippen molar-refractivity contribution in [2.24, 2.45) is 0 Å². The van der Waals surface area contributed by atoms with Crippen molar-refractivity contribution in [2.45, 2.75) is 0 Å².